The molecule has 1 aromatic heterocycles. The Labute approximate surface area is 113 Å². The predicted octanol–water partition coefficient (Wildman–Crippen LogP) is 3.14. The minimum atomic E-state index is -1.16. The van der Waals surface area contributed by atoms with Crippen molar-refractivity contribution in [2.24, 2.45) is 0 Å². The first-order chi connectivity index (χ1) is 8.99. The van der Waals surface area contributed by atoms with Gasteiger partial charge in [0.05, 0.1) is 15.8 Å². The lowest BCUT2D eigenvalue weighted by molar-refractivity contribution is 0.0698. The van der Waals surface area contributed by atoms with E-state index in [2.05, 4.69) is 16.9 Å². The van der Waals surface area contributed by atoms with E-state index >= 15 is 0 Å². The number of benzene rings is 1. The summed E-state index contributed by atoms with van der Waals surface area (Å²) in [5.41, 5.74) is 0.683. The highest BCUT2D eigenvalue weighted by Gasteiger charge is 2.34. The van der Waals surface area contributed by atoms with Crippen LogP contribution in [0.4, 0.5) is 4.39 Å². The van der Waals surface area contributed by atoms with Crippen LogP contribution in [0.2, 0.25) is 0 Å². The van der Waals surface area contributed by atoms with Crippen LogP contribution in [0.3, 0.4) is 0 Å². The molecule has 1 aliphatic heterocycles. The zero-order valence-corrected chi connectivity index (χ0v) is 11.2. The van der Waals surface area contributed by atoms with Crippen molar-refractivity contribution < 1.29 is 14.3 Å². The number of thioether (sulfide) groups is 1. The molecular weight excluding hydrogens is 267 g/mol. The van der Waals surface area contributed by atoms with Crippen molar-refractivity contribution in [2.45, 2.75) is 24.5 Å². The zero-order valence-electron chi connectivity index (χ0n) is 10.4. The Morgan fingerprint density at radius 1 is 1.58 bits per heavy atom. The van der Waals surface area contributed by atoms with Crippen LogP contribution in [-0.2, 0) is 4.75 Å². The predicted molar refractivity (Wildman–Crippen MR) is 72.1 cm³/mol. The van der Waals surface area contributed by atoms with Crippen LogP contribution in [0.1, 0.15) is 35.9 Å². The Balaban J connectivity index is 2.20. The van der Waals surface area contributed by atoms with E-state index in [1.165, 1.54) is 6.07 Å². The first-order valence-electron chi connectivity index (χ1n) is 6.06. The van der Waals surface area contributed by atoms with Crippen molar-refractivity contribution in [1.29, 1.82) is 0 Å². The van der Waals surface area contributed by atoms with Crippen molar-refractivity contribution in [2.75, 3.05) is 5.75 Å². The van der Waals surface area contributed by atoms with Crippen LogP contribution in [-0.4, -0.2) is 26.8 Å². The molecule has 0 saturated carbocycles. The summed E-state index contributed by atoms with van der Waals surface area (Å²) in [7, 11) is 0. The van der Waals surface area contributed by atoms with Gasteiger partial charge in [0.25, 0.3) is 0 Å². The SMILES string of the molecule is CC1(c2nc3c(C(=O)O)cc(F)cc3[nH]2)CCCS1. The molecule has 3 rings (SSSR count). The smallest absolute Gasteiger partial charge is 0.338 e. The minimum absolute atomic E-state index is 0.0934. The summed E-state index contributed by atoms with van der Waals surface area (Å²) in [6.07, 6.45) is 2.10. The summed E-state index contributed by atoms with van der Waals surface area (Å²) in [4.78, 5) is 18.6. The van der Waals surface area contributed by atoms with Gasteiger partial charge in [0.2, 0.25) is 0 Å². The number of hydrogen-bond donors (Lipinski definition) is 2. The number of halogens is 1. The molecule has 0 bridgehead atoms. The molecule has 4 nitrogen and oxygen atoms in total. The fraction of sp³-hybridized carbons (Fsp3) is 0.385. The second kappa shape index (κ2) is 4.23. The Bertz CT molecular complexity index is 662. The van der Waals surface area contributed by atoms with Gasteiger partial charge in [-0.1, -0.05) is 0 Å². The molecule has 0 amide bonds. The van der Waals surface area contributed by atoms with Crippen molar-refractivity contribution in [1.82, 2.24) is 9.97 Å². The molecule has 0 spiro atoms. The van der Waals surface area contributed by atoms with Crippen LogP contribution >= 0.6 is 11.8 Å². The number of H-pyrrole nitrogens is 1. The largest absolute Gasteiger partial charge is 0.478 e. The fourth-order valence-corrected chi connectivity index (χ4v) is 3.72. The number of aromatic carboxylic acids is 1. The number of carboxylic acid groups (broad SMARTS) is 1. The molecule has 1 saturated heterocycles. The van der Waals surface area contributed by atoms with Crippen LogP contribution in [0.25, 0.3) is 11.0 Å². The summed E-state index contributed by atoms with van der Waals surface area (Å²) < 4.78 is 13.3. The van der Waals surface area contributed by atoms with E-state index in [1.54, 1.807) is 11.8 Å². The van der Waals surface area contributed by atoms with Gasteiger partial charge in [0, 0.05) is 0 Å². The third kappa shape index (κ3) is 2.00. The highest BCUT2D eigenvalue weighted by atomic mass is 32.2. The average molecular weight is 280 g/mol. The average Bonchev–Trinajstić information content (AvgIpc) is 2.94. The van der Waals surface area contributed by atoms with Crippen LogP contribution in [0.5, 0.6) is 0 Å². The Morgan fingerprint density at radius 2 is 2.37 bits per heavy atom. The number of imidazole rings is 1. The summed E-state index contributed by atoms with van der Waals surface area (Å²) in [6, 6.07) is 2.31. The lowest BCUT2D eigenvalue weighted by Gasteiger charge is -2.18. The highest BCUT2D eigenvalue weighted by Crippen LogP contribution is 2.45. The molecule has 100 valence electrons. The van der Waals surface area contributed by atoms with Gasteiger partial charge in [-0.25, -0.2) is 14.2 Å². The van der Waals surface area contributed by atoms with Crippen LogP contribution in [0, 0.1) is 5.82 Å². The van der Waals surface area contributed by atoms with Crippen molar-refractivity contribution in [3.05, 3.63) is 29.3 Å². The monoisotopic (exact) mass is 280 g/mol. The highest BCUT2D eigenvalue weighted by molar-refractivity contribution is 8.00. The topological polar surface area (TPSA) is 66.0 Å². The molecule has 2 aromatic rings. The number of aromatic nitrogens is 2. The quantitative estimate of drug-likeness (QED) is 0.887. The van der Waals surface area contributed by atoms with E-state index < -0.39 is 11.8 Å². The Hall–Kier alpha value is -1.56. The van der Waals surface area contributed by atoms with Crippen molar-refractivity contribution in [3.8, 4) is 0 Å². The summed E-state index contributed by atoms with van der Waals surface area (Å²) >= 11 is 1.80. The number of nitrogens with zero attached hydrogens (tertiary/aromatic N) is 1. The van der Waals surface area contributed by atoms with Gasteiger partial charge in [-0.2, -0.15) is 0 Å². The standard InChI is InChI=1S/C13H13FN2O2S/c1-13(3-2-4-19-13)12-15-9-6-7(14)5-8(11(17)18)10(9)16-12/h5-6H,2-4H2,1H3,(H,15,16)(H,17,18). The minimum Gasteiger partial charge on any atom is -0.478 e. The lowest BCUT2D eigenvalue weighted by atomic mass is 10.1. The second-order valence-corrected chi connectivity index (χ2v) is 6.52. The van der Waals surface area contributed by atoms with Gasteiger partial charge < -0.3 is 10.1 Å². The first-order valence-corrected chi connectivity index (χ1v) is 7.05. The maximum absolute atomic E-state index is 13.4. The molecule has 2 N–H and O–H groups in total. The fourth-order valence-electron chi connectivity index (χ4n) is 2.46. The maximum atomic E-state index is 13.4. The molecule has 1 aliphatic rings. The summed E-state index contributed by atoms with van der Waals surface area (Å²) in [5, 5.41) is 9.12. The van der Waals surface area contributed by atoms with E-state index in [0.717, 1.165) is 30.5 Å². The van der Waals surface area contributed by atoms with Gasteiger partial charge in [-0.05, 0) is 37.7 Å². The molecule has 1 fully saturated rings. The van der Waals surface area contributed by atoms with Crippen LogP contribution in [0.15, 0.2) is 12.1 Å². The lowest BCUT2D eigenvalue weighted by Crippen LogP contribution is -2.14. The molecule has 0 radical (unpaired) electrons. The number of rotatable bonds is 2. The molecular formula is C13H13FN2O2S. The van der Waals surface area contributed by atoms with Gasteiger partial charge in [-0.3, -0.25) is 0 Å². The second-order valence-electron chi connectivity index (χ2n) is 4.92. The van der Waals surface area contributed by atoms with E-state index in [-0.39, 0.29) is 10.3 Å². The number of nitrogens with one attached hydrogen (secondary N) is 1. The third-order valence-corrected chi connectivity index (χ3v) is 5.03. The third-order valence-electron chi connectivity index (χ3n) is 3.50. The number of hydrogen-bond acceptors (Lipinski definition) is 3. The van der Waals surface area contributed by atoms with Crippen LogP contribution < -0.4 is 0 Å². The van der Waals surface area contributed by atoms with E-state index in [4.69, 9.17) is 5.11 Å². The zero-order chi connectivity index (χ0) is 13.6. The molecule has 1 atom stereocenters. The summed E-state index contributed by atoms with van der Waals surface area (Å²) in [6.45, 7) is 2.08. The van der Waals surface area contributed by atoms with Gasteiger partial charge >= 0.3 is 5.97 Å². The van der Waals surface area contributed by atoms with Gasteiger partial charge in [0.15, 0.2) is 0 Å². The van der Waals surface area contributed by atoms with Gasteiger partial charge in [0.1, 0.15) is 17.2 Å². The number of carboxylic acids is 1. The molecule has 6 heteroatoms. The molecule has 1 aromatic carbocycles. The summed E-state index contributed by atoms with van der Waals surface area (Å²) in [5.74, 6) is 0.0717. The molecule has 19 heavy (non-hydrogen) atoms. The van der Waals surface area contributed by atoms with Crippen molar-refractivity contribution >= 4 is 28.8 Å². The van der Waals surface area contributed by atoms with Crippen molar-refractivity contribution in [3.63, 3.8) is 0 Å². The number of fused-ring (bicyclic) bond motifs is 1. The number of aromatic amines is 1. The Kier molecular flexibility index (Phi) is 2.78. The van der Waals surface area contributed by atoms with E-state index in [9.17, 15) is 9.18 Å². The normalized spacial score (nSPS) is 23.1. The van der Waals surface area contributed by atoms with E-state index in [1.807, 2.05) is 0 Å². The number of carbonyl (C=O) groups is 1. The van der Waals surface area contributed by atoms with E-state index in [0.29, 0.717) is 11.0 Å². The molecule has 0 aliphatic carbocycles. The molecule has 1 unspecified atom stereocenters. The first kappa shape index (κ1) is 12.5. The maximum Gasteiger partial charge on any atom is 0.338 e. The Morgan fingerprint density at radius 3 is 3.00 bits per heavy atom. The molecule has 2 heterocycles. The van der Waals surface area contributed by atoms with Gasteiger partial charge in [-0.15, -0.1) is 11.8 Å².